The van der Waals surface area contributed by atoms with Crippen LogP contribution in [0.3, 0.4) is 0 Å². The molecule has 3 rings (SSSR count). The van der Waals surface area contributed by atoms with Crippen LogP contribution in [0.1, 0.15) is 31.5 Å². The molecule has 2 aromatic carbocycles. The third-order valence-corrected chi connectivity index (χ3v) is 6.35. The van der Waals surface area contributed by atoms with Crippen molar-refractivity contribution in [2.45, 2.75) is 23.8 Å². The van der Waals surface area contributed by atoms with Crippen LogP contribution in [-0.2, 0) is 0 Å². The van der Waals surface area contributed by atoms with Crippen molar-refractivity contribution in [2.75, 3.05) is 30.2 Å². The number of benzene rings is 2. The molecule has 1 unspecified atom stereocenters. The van der Waals surface area contributed by atoms with E-state index in [1.165, 1.54) is 11.9 Å². The summed E-state index contributed by atoms with van der Waals surface area (Å²) in [7, 11) is 2.36. The molecule has 0 saturated heterocycles. The van der Waals surface area contributed by atoms with E-state index in [1.807, 2.05) is 0 Å². The number of carbonyl (C=O) groups excluding carboxylic acids is 2. The van der Waals surface area contributed by atoms with Crippen LogP contribution in [-0.4, -0.2) is 50.1 Å². The Kier molecular flexibility index (Phi) is 6.05. The summed E-state index contributed by atoms with van der Waals surface area (Å²) < 4.78 is 120. The molecule has 1 N–H and O–H groups in total. The van der Waals surface area contributed by atoms with Gasteiger partial charge in [0.2, 0.25) is 0 Å². The standard InChI is InChI=1S/C19H13F9N2O2S/c1-29-12-7-3-4-8-13(30(2)6-33-16(8)19(26,27)28)11(7)9(14(31)17(20,21)22)5-10(12)15(32)18(23,24)25/h3-5,16,29H,6H2,1-2H3. The molecule has 1 heterocycles. The quantitative estimate of drug-likeness (QED) is 0.404. The van der Waals surface area contributed by atoms with Gasteiger partial charge >= 0.3 is 18.5 Å². The summed E-state index contributed by atoms with van der Waals surface area (Å²) in [4.78, 5) is 25.3. The van der Waals surface area contributed by atoms with E-state index < -0.39 is 68.5 Å². The molecule has 4 nitrogen and oxygen atoms in total. The average Bonchev–Trinajstić information content (AvgIpc) is 2.68. The van der Waals surface area contributed by atoms with Gasteiger partial charge in [0.1, 0.15) is 5.25 Å². The summed E-state index contributed by atoms with van der Waals surface area (Å²) in [6.45, 7) is 0. The van der Waals surface area contributed by atoms with E-state index in [0.29, 0.717) is 11.8 Å². The maximum atomic E-state index is 13.6. The van der Waals surface area contributed by atoms with Gasteiger partial charge in [-0.25, -0.2) is 0 Å². The van der Waals surface area contributed by atoms with E-state index in [9.17, 15) is 49.1 Å². The normalized spacial score (nSPS) is 17.2. The smallest absolute Gasteiger partial charge is 0.387 e. The summed E-state index contributed by atoms with van der Waals surface area (Å²) in [6.07, 6.45) is -15.8. The molecule has 1 aliphatic rings. The molecule has 0 amide bonds. The molecule has 0 radical (unpaired) electrons. The summed E-state index contributed by atoms with van der Waals surface area (Å²) in [5.74, 6) is -5.43. The molecule has 1 aliphatic heterocycles. The van der Waals surface area contributed by atoms with Crippen LogP contribution in [0.25, 0.3) is 10.8 Å². The van der Waals surface area contributed by atoms with Crippen LogP contribution in [0.15, 0.2) is 18.2 Å². The number of anilines is 2. The highest BCUT2D eigenvalue weighted by molar-refractivity contribution is 7.99. The molecule has 0 aromatic heterocycles. The fourth-order valence-electron chi connectivity index (χ4n) is 3.69. The van der Waals surface area contributed by atoms with Crippen molar-refractivity contribution >= 4 is 45.5 Å². The molecule has 14 heteroatoms. The van der Waals surface area contributed by atoms with Crippen molar-refractivity contribution in [3.8, 4) is 0 Å². The lowest BCUT2D eigenvalue weighted by molar-refractivity contribution is -0.129. The fourth-order valence-corrected chi connectivity index (χ4v) is 4.75. The highest BCUT2D eigenvalue weighted by Gasteiger charge is 2.48. The fraction of sp³-hybridized carbons (Fsp3) is 0.368. The molecular weight excluding hydrogens is 491 g/mol. The molecular formula is C19H13F9N2O2S. The Bertz CT molecular complexity index is 1140. The van der Waals surface area contributed by atoms with Crippen LogP contribution in [0, 0.1) is 0 Å². The topological polar surface area (TPSA) is 49.4 Å². The Morgan fingerprint density at radius 3 is 2.00 bits per heavy atom. The zero-order chi connectivity index (χ0) is 25.1. The van der Waals surface area contributed by atoms with Gasteiger partial charge < -0.3 is 10.2 Å². The van der Waals surface area contributed by atoms with Gasteiger partial charge in [0.15, 0.2) is 0 Å². The molecule has 0 saturated carbocycles. The minimum Gasteiger partial charge on any atom is -0.387 e. The first-order valence-electron chi connectivity index (χ1n) is 8.94. The van der Waals surface area contributed by atoms with Crippen molar-refractivity contribution in [3.05, 3.63) is 34.9 Å². The number of nitrogens with one attached hydrogen (secondary N) is 1. The van der Waals surface area contributed by atoms with Crippen molar-refractivity contribution < 1.29 is 49.1 Å². The van der Waals surface area contributed by atoms with Crippen LogP contribution in [0.4, 0.5) is 50.9 Å². The first kappa shape index (κ1) is 25.0. The van der Waals surface area contributed by atoms with Crippen molar-refractivity contribution in [1.82, 2.24) is 0 Å². The third-order valence-electron chi connectivity index (χ3n) is 4.96. The number of hydrogen-bond donors (Lipinski definition) is 1. The van der Waals surface area contributed by atoms with E-state index in [0.717, 1.165) is 19.2 Å². The molecule has 2 aromatic rings. The number of Topliss-reactive ketones (excluding diaryl/α,β-unsaturated/α-hetero) is 2. The van der Waals surface area contributed by atoms with Gasteiger partial charge in [0.05, 0.1) is 22.8 Å². The van der Waals surface area contributed by atoms with Gasteiger partial charge in [-0.05, 0) is 11.6 Å². The van der Waals surface area contributed by atoms with Crippen LogP contribution < -0.4 is 10.2 Å². The average molecular weight is 504 g/mol. The Labute approximate surface area is 184 Å². The Morgan fingerprint density at radius 2 is 1.52 bits per heavy atom. The second kappa shape index (κ2) is 7.99. The van der Waals surface area contributed by atoms with Gasteiger partial charge in [-0.15, -0.1) is 11.8 Å². The lowest BCUT2D eigenvalue weighted by Crippen LogP contribution is -2.31. The van der Waals surface area contributed by atoms with E-state index >= 15 is 0 Å². The highest BCUT2D eigenvalue weighted by atomic mass is 32.2. The van der Waals surface area contributed by atoms with Crippen LogP contribution in [0.2, 0.25) is 0 Å². The molecule has 33 heavy (non-hydrogen) atoms. The SMILES string of the molecule is CNc1c(C(=O)C(F)(F)F)cc(C(=O)C(F)(F)F)c2c3c(ccc12)C(C(F)(F)F)SCN3C. The number of rotatable bonds is 3. The van der Waals surface area contributed by atoms with Crippen molar-refractivity contribution in [2.24, 2.45) is 0 Å². The first-order chi connectivity index (χ1) is 15.0. The molecule has 0 fully saturated rings. The Hall–Kier alpha value is -2.64. The van der Waals surface area contributed by atoms with E-state index in [4.69, 9.17) is 0 Å². The highest BCUT2D eigenvalue weighted by Crippen LogP contribution is 2.53. The Morgan fingerprint density at radius 1 is 0.970 bits per heavy atom. The van der Waals surface area contributed by atoms with E-state index in [-0.39, 0.29) is 17.6 Å². The number of halogens is 9. The van der Waals surface area contributed by atoms with Crippen molar-refractivity contribution in [1.29, 1.82) is 0 Å². The van der Waals surface area contributed by atoms with Gasteiger partial charge in [-0.3, -0.25) is 9.59 Å². The van der Waals surface area contributed by atoms with Crippen molar-refractivity contribution in [3.63, 3.8) is 0 Å². The first-order valence-corrected chi connectivity index (χ1v) is 9.98. The number of nitrogens with zero attached hydrogens (tertiary/aromatic N) is 1. The lowest BCUT2D eigenvalue weighted by atomic mass is 9.90. The number of fused-ring (bicyclic) bond motifs is 3. The van der Waals surface area contributed by atoms with Crippen LogP contribution in [0.5, 0.6) is 0 Å². The zero-order valence-electron chi connectivity index (χ0n) is 16.6. The number of alkyl halides is 9. The summed E-state index contributed by atoms with van der Waals surface area (Å²) in [6, 6.07) is 1.93. The van der Waals surface area contributed by atoms with Crippen LogP contribution >= 0.6 is 11.8 Å². The van der Waals surface area contributed by atoms with Gasteiger partial charge in [-0.2, -0.15) is 39.5 Å². The third kappa shape index (κ3) is 4.32. The van der Waals surface area contributed by atoms with E-state index in [2.05, 4.69) is 5.32 Å². The summed E-state index contributed by atoms with van der Waals surface area (Å²) >= 11 is 0.446. The van der Waals surface area contributed by atoms with Gasteiger partial charge in [0, 0.05) is 30.4 Å². The monoisotopic (exact) mass is 504 g/mol. The van der Waals surface area contributed by atoms with Gasteiger partial charge in [0.25, 0.3) is 11.6 Å². The van der Waals surface area contributed by atoms with E-state index in [1.54, 1.807) is 0 Å². The maximum Gasteiger partial charge on any atom is 0.454 e. The second-order valence-electron chi connectivity index (χ2n) is 7.09. The lowest BCUT2D eigenvalue weighted by Gasteiger charge is -2.35. The number of thioether (sulfide) groups is 1. The number of hydrogen-bond acceptors (Lipinski definition) is 5. The maximum absolute atomic E-state index is 13.6. The zero-order valence-corrected chi connectivity index (χ0v) is 17.4. The predicted octanol–water partition coefficient (Wildman–Crippen LogP) is 6.12. The predicted molar refractivity (Wildman–Crippen MR) is 104 cm³/mol. The number of ketones is 2. The minimum atomic E-state index is -5.57. The molecule has 1 atom stereocenters. The second-order valence-corrected chi connectivity index (χ2v) is 8.15. The molecule has 0 spiro atoms. The van der Waals surface area contributed by atoms with Gasteiger partial charge in [-0.1, -0.05) is 12.1 Å². The number of carbonyl (C=O) groups is 2. The summed E-state index contributed by atoms with van der Waals surface area (Å²) in [5, 5.41) is -0.903. The molecule has 0 bridgehead atoms. The minimum absolute atomic E-state index is 0.137. The molecule has 0 aliphatic carbocycles. The largest absolute Gasteiger partial charge is 0.454 e. The summed E-state index contributed by atoms with van der Waals surface area (Å²) in [5.41, 5.74) is -4.01. The Balaban J connectivity index is 2.53. The molecule has 180 valence electrons.